The van der Waals surface area contributed by atoms with Crippen molar-refractivity contribution in [3.63, 3.8) is 0 Å². The van der Waals surface area contributed by atoms with Gasteiger partial charge in [-0.2, -0.15) is 0 Å². The van der Waals surface area contributed by atoms with Crippen molar-refractivity contribution >= 4 is 47.6 Å². The molecule has 13 N–H and O–H groups in total. The molecule has 0 saturated carbocycles. The van der Waals surface area contributed by atoms with E-state index in [0.29, 0.717) is 0 Å². The normalized spacial score (nSPS) is 13.7. The molecule has 36 heavy (non-hydrogen) atoms. The summed E-state index contributed by atoms with van der Waals surface area (Å²) in [7, 11) is 0. The average molecular weight is 519 g/mol. The molecule has 0 aliphatic carbocycles. The van der Waals surface area contributed by atoms with Gasteiger partial charge < -0.3 is 53.6 Å². The lowest BCUT2D eigenvalue weighted by atomic mass is 10.1. The van der Waals surface area contributed by atoms with Crippen LogP contribution >= 0.6 is 0 Å². The van der Waals surface area contributed by atoms with E-state index in [1.165, 1.54) is 0 Å². The number of carboxylic acid groups (broad SMARTS) is 4. The van der Waals surface area contributed by atoms with Crippen LogP contribution in [0.2, 0.25) is 0 Å². The number of nitrogens with one attached hydrogen (secondary N) is 3. The quantitative estimate of drug-likeness (QED) is 0.0490. The maximum Gasteiger partial charge on any atom is 0.326 e. The van der Waals surface area contributed by atoms with Crippen LogP contribution in [0.1, 0.15) is 32.1 Å². The number of carboxylic acids is 4. The molecule has 0 aromatic carbocycles. The van der Waals surface area contributed by atoms with E-state index >= 15 is 0 Å². The standard InChI is InChI=1S/C18H29N7O11/c19-7(4-11(26)27)14(32)23-8(2-1-3-22-18(20)21)15(33)24-9(5-12(28)29)16(34)25-10(17(35)36)6-13(30)31/h7-10H,1-6,19H2,(H,23,32)(H,24,33)(H,25,34)(H,26,27)(H,28,29)(H,30,31)(H,35,36)(H4,20,21,22). The van der Waals surface area contributed by atoms with Gasteiger partial charge in [0.1, 0.15) is 18.1 Å². The monoisotopic (exact) mass is 519 g/mol. The van der Waals surface area contributed by atoms with Crippen molar-refractivity contribution < 1.29 is 54.0 Å². The van der Waals surface area contributed by atoms with Crippen LogP contribution in [0, 0.1) is 0 Å². The second-order valence-electron chi connectivity index (χ2n) is 7.37. The van der Waals surface area contributed by atoms with E-state index in [-0.39, 0.29) is 25.3 Å². The van der Waals surface area contributed by atoms with E-state index in [1.807, 2.05) is 5.32 Å². The molecule has 0 rings (SSSR count). The fourth-order valence-corrected chi connectivity index (χ4v) is 2.64. The van der Waals surface area contributed by atoms with Crippen LogP contribution in [0.15, 0.2) is 4.99 Å². The lowest BCUT2D eigenvalue weighted by Crippen LogP contribution is -2.57. The van der Waals surface area contributed by atoms with Crippen LogP contribution < -0.4 is 33.2 Å². The lowest BCUT2D eigenvalue weighted by Gasteiger charge is -2.24. The van der Waals surface area contributed by atoms with Crippen LogP contribution in [0.5, 0.6) is 0 Å². The number of rotatable bonds is 17. The summed E-state index contributed by atoms with van der Waals surface area (Å²) in [6.07, 6.45) is -2.88. The minimum atomic E-state index is -1.92. The Kier molecular flexibility index (Phi) is 13.5. The smallest absolute Gasteiger partial charge is 0.326 e. The highest BCUT2D eigenvalue weighted by Crippen LogP contribution is 2.04. The minimum Gasteiger partial charge on any atom is -0.481 e. The molecule has 0 radical (unpaired) electrons. The third kappa shape index (κ3) is 13.3. The third-order valence-electron chi connectivity index (χ3n) is 4.31. The van der Waals surface area contributed by atoms with Gasteiger partial charge in [0.15, 0.2) is 5.96 Å². The van der Waals surface area contributed by atoms with E-state index in [2.05, 4.69) is 15.6 Å². The van der Waals surface area contributed by atoms with Crippen LogP contribution in [0.4, 0.5) is 0 Å². The SMILES string of the molecule is NC(N)=NCCCC(NC(=O)C(N)CC(=O)O)C(=O)NC(CC(=O)O)C(=O)NC(CC(=O)O)C(=O)O. The predicted octanol–water partition coefficient (Wildman–Crippen LogP) is -4.67. The Labute approximate surface area is 203 Å². The largest absolute Gasteiger partial charge is 0.481 e. The van der Waals surface area contributed by atoms with Gasteiger partial charge >= 0.3 is 23.9 Å². The van der Waals surface area contributed by atoms with E-state index in [0.717, 1.165) is 0 Å². The molecule has 0 bridgehead atoms. The number of amides is 3. The summed E-state index contributed by atoms with van der Waals surface area (Å²) in [5, 5.41) is 41.8. The number of nitrogens with zero attached hydrogens (tertiary/aromatic N) is 1. The molecular formula is C18H29N7O11. The first-order chi connectivity index (χ1) is 16.6. The molecule has 4 atom stereocenters. The third-order valence-corrected chi connectivity index (χ3v) is 4.31. The van der Waals surface area contributed by atoms with Gasteiger partial charge in [0.25, 0.3) is 0 Å². The second kappa shape index (κ2) is 15.4. The van der Waals surface area contributed by atoms with Gasteiger partial charge in [-0.3, -0.25) is 33.8 Å². The zero-order valence-corrected chi connectivity index (χ0v) is 18.9. The number of nitrogens with two attached hydrogens (primary N) is 3. The topological polar surface area (TPSA) is 327 Å². The van der Waals surface area contributed by atoms with Crippen LogP contribution in [0.3, 0.4) is 0 Å². The molecule has 202 valence electrons. The fourth-order valence-electron chi connectivity index (χ4n) is 2.64. The molecular weight excluding hydrogens is 490 g/mol. The van der Waals surface area contributed by atoms with Crippen molar-refractivity contribution in [2.45, 2.75) is 56.3 Å². The van der Waals surface area contributed by atoms with E-state index in [1.54, 1.807) is 0 Å². The minimum absolute atomic E-state index is 0.0116. The van der Waals surface area contributed by atoms with Gasteiger partial charge in [-0.25, -0.2) is 4.79 Å². The van der Waals surface area contributed by atoms with Gasteiger partial charge in [-0.05, 0) is 12.8 Å². The molecule has 0 saturated heterocycles. The Morgan fingerprint density at radius 3 is 1.58 bits per heavy atom. The van der Waals surface area contributed by atoms with Crippen LogP contribution in [0.25, 0.3) is 0 Å². The van der Waals surface area contributed by atoms with Crippen molar-refractivity contribution in [1.29, 1.82) is 0 Å². The number of guanidine groups is 1. The Morgan fingerprint density at radius 2 is 1.11 bits per heavy atom. The summed E-state index contributed by atoms with van der Waals surface area (Å²) >= 11 is 0. The summed E-state index contributed by atoms with van der Waals surface area (Å²) in [6, 6.07) is -6.78. The van der Waals surface area contributed by atoms with Crippen molar-refractivity contribution in [3.05, 3.63) is 0 Å². The molecule has 3 amide bonds. The molecule has 0 aliphatic rings. The molecule has 0 aromatic heterocycles. The Morgan fingerprint density at radius 1 is 0.667 bits per heavy atom. The maximum absolute atomic E-state index is 12.8. The fraction of sp³-hybridized carbons (Fsp3) is 0.556. The second-order valence-corrected chi connectivity index (χ2v) is 7.37. The van der Waals surface area contributed by atoms with Gasteiger partial charge in [-0.15, -0.1) is 0 Å². The molecule has 0 aromatic rings. The number of carbonyl (C=O) groups excluding carboxylic acids is 3. The molecule has 18 nitrogen and oxygen atoms in total. The van der Waals surface area contributed by atoms with Crippen molar-refractivity contribution in [1.82, 2.24) is 16.0 Å². The maximum atomic E-state index is 12.8. The van der Waals surface area contributed by atoms with Gasteiger partial charge in [0, 0.05) is 6.54 Å². The Bertz CT molecular complexity index is 889. The highest BCUT2D eigenvalue weighted by molar-refractivity contribution is 5.96. The number of aliphatic imine (C=N–C) groups is 1. The highest BCUT2D eigenvalue weighted by atomic mass is 16.4. The number of hydrogen-bond acceptors (Lipinski definition) is 9. The molecule has 0 aliphatic heterocycles. The van der Waals surface area contributed by atoms with Crippen LogP contribution in [-0.4, -0.2) is 98.7 Å². The highest BCUT2D eigenvalue weighted by Gasteiger charge is 2.32. The number of carbonyl (C=O) groups is 7. The Hall–Kier alpha value is -4.48. The number of hydrogen-bond donors (Lipinski definition) is 10. The van der Waals surface area contributed by atoms with E-state index in [4.69, 9.17) is 37.6 Å². The first-order valence-corrected chi connectivity index (χ1v) is 10.2. The molecule has 4 unspecified atom stereocenters. The molecule has 18 heteroatoms. The van der Waals surface area contributed by atoms with E-state index in [9.17, 15) is 33.6 Å². The summed E-state index contributed by atoms with van der Waals surface area (Å²) < 4.78 is 0. The molecule has 0 heterocycles. The zero-order valence-electron chi connectivity index (χ0n) is 18.9. The van der Waals surface area contributed by atoms with Gasteiger partial charge in [-0.1, -0.05) is 0 Å². The van der Waals surface area contributed by atoms with Gasteiger partial charge in [0.05, 0.1) is 25.3 Å². The van der Waals surface area contributed by atoms with Crippen LogP contribution in [-0.2, 0) is 33.6 Å². The lowest BCUT2D eigenvalue weighted by molar-refractivity contribution is -0.148. The average Bonchev–Trinajstić information content (AvgIpc) is 2.73. The van der Waals surface area contributed by atoms with Crippen molar-refractivity contribution in [2.75, 3.05) is 6.54 Å². The number of aliphatic carboxylic acids is 4. The molecule has 0 fully saturated rings. The first kappa shape index (κ1) is 31.5. The van der Waals surface area contributed by atoms with Gasteiger partial charge in [0.2, 0.25) is 17.7 Å². The first-order valence-electron chi connectivity index (χ1n) is 10.2. The summed E-state index contributed by atoms with van der Waals surface area (Å²) in [5.41, 5.74) is 15.9. The van der Waals surface area contributed by atoms with Crippen molar-refractivity contribution in [3.8, 4) is 0 Å². The van der Waals surface area contributed by atoms with E-state index < -0.39 is 85.0 Å². The molecule has 0 spiro atoms. The Balaban J connectivity index is 5.67. The summed E-state index contributed by atoms with van der Waals surface area (Å²) in [4.78, 5) is 85.1. The summed E-state index contributed by atoms with van der Waals surface area (Å²) in [6.45, 7) is 0.0116. The zero-order chi connectivity index (χ0) is 28.0. The predicted molar refractivity (Wildman–Crippen MR) is 118 cm³/mol. The summed E-state index contributed by atoms with van der Waals surface area (Å²) in [5.74, 6) is -9.95. The van der Waals surface area contributed by atoms with Crippen molar-refractivity contribution in [2.24, 2.45) is 22.2 Å².